The van der Waals surface area contributed by atoms with Crippen LogP contribution in [0, 0.1) is 0 Å². The zero-order valence-electron chi connectivity index (χ0n) is 10.6. The lowest BCUT2D eigenvalue weighted by Gasteiger charge is -2.09. The second kappa shape index (κ2) is 4.73. The maximum absolute atomic E-state index is 12.6. The van der Waals surface area contributed by atoms with Gasteiger partial charge >= 0.3 is 6.18 Å². The summed E-state index contributed by atoms with van der Waals surface area (Å²) in [4.78, 5) is 18.4. The molecule has 1 aromatic carbocycles. The van der Waals surface area contributed by atoms with Gasteiger partial charge in [0.25, 0.3) is 5.56 Å². The Morgan fingerprint density at radius 2 is 1.76 bits per heavy atom. The van der Waals surface area contributed by atoms with Crippen LogP contribution < -0.4 is 5.56 Å². The van der Waals surface area contributed by atoms with E-state index in [1.807, 2.05) is 0 Å². The van der Waals surface area contributed by atoms with E-state index < -0.39 is 11.7 Å². The van der Waals surface area contributed by atoms with Crippen molar-refractivity contribution in [2.24, 2.45) is 0 Å². The number of pyridine rings is 2. The predicted octanol–water partition coefficient (Wildman–Crippen LogP) is 3.61. The molecular formula is C15H9F3N2O. The highest BCUT2D eigenvalue weighted by Crippen LogP contribution is 2.31. The second-order valence-electron chi connectivity index (χ2n) is 4.51. The maximum Gasteiger partial charge on any atom is 0.416 e. The number of nitrogens with one attached hydrogen (secondary N) is 1. The quantitative estimate of drug-likeness (QED) is 0.744. The number of H-pyrrole nitrogens is 1. The van der Waals surface area contributed by atoms with Crippen molar-refractivity contribution in [3.63, 3.8) is 0 Å². The van der Waals surface area contributed by atoms with Crippen molar-refractivity contribution in [1.29, 1.82) is 0 Å². The summed E-state index contributed by atoms with van der Waals surface area (Å²) in [5.41, 5.74) is 0.601. The Kier molecular flexibility index (Phi) is 3.01. The Morgan fingerprint density at radius 3 is 2.43 bits per heavy atom. The fourth-order valence-electron chi connectivity index (χ4n) is 2.15. The zero-order valence-corrected chi connectivity index (χ0v) is 10.6. The van der Waals surface area contributed by atoms with Crippen molar-refractivity contribution >= 4 is 10.9 Å². The topological polar surface area (TPSA) is 45.8 Å². The molecule has 21 heavy (non-hydrogen) atoms. The van der Waals surface area contributed by atoms with Crippen LogP contribution in [0.25, 0.3) is 22.0 Å². The summed E-state index contributed by atoms with van der Waals surface area (Å²) in [7, 11) is 0. The summed E-state index contributed by atoms with van der Waals surface area (Å²) >= 11 is 0. The van der Waals surface area contributed by atoms with Crippen LogP contribution in [-0.2, 0) is 6.18 Å². The van der Waals surface area contributed by atoms with Gasteiger partial charge in [0.1, 0.15) is 0 Å². The van der Waals surface area contributed by atoms with Crippen LogP contribution >= 0.6 is 0 Å². The molecule has 0 aliphatic rings. The average molecular weight is 290 g/mol. The molecule has 0 saturated carbocycles. The summed E-state index contributed by atoms with van der Waals surface area (Å²) < 4.78 is 37.7. The highest BCUT2D eigenvalue weighted by Gasteiger charge is 2.30. The number of hydrogen-bond acceptors (Lipinski definition) is 2. The van der Waals surface area contributed by atoms with E-state index >= 15 is 0 Å². The van der Waals surface area contributed by atoms with E-state index in [4.69, 9.17) is 0 Å². The van der Waals surface area contributed by atoms with Gasteiger partial charge in [-0.25, -0.2) is 0 Å². The summed E-state index contributed by atoms with van der Waals surface area (Å²) in [5.74, 6) is 0. The smallest absolute Gasteiger partial charge is 0.328 e. The molecule has 0 aliphatic heterocycles. The molecule has 0 saturated heterocycles. The van der Waals surface area contributed by atoms with Crippen LogP contribution in [0.4, 0.5) is 13.2 Å². The molecular weight excluding hydrogens is 281 g/mol. The molecule has 3 rings (SSSR count). The molecule has 0 spiro atoms. The van der Waals surface area contributed by atoms with Crippen LogP contribution in [-0.4, -0.2) is 9.97 Å². The van der Waals surface area contributed by atoms with E-state index in [-0.39, 0.29) is 5.56 Å². The Balaban J connectivity index is 2.17. The van der Waals surface area contributed by atoms with E-state index in [1.165, 1.54) is 24.5 Å². The number of fused-ring (bicyclic) bond motifs is 1. The first kappa shape index (κ1) is 13.4. The number of hydrogen-bond donors (Lipinski definition) is 1. The minimum absolute atomic E-state index is 0.284. The molecule has 0 aliphatic carbocycles. The first-order valence-corrected chi connectivity index (χ1v) is 6.11. The SMILES string of the molecule is O=c1[nH]cc(-c2ccc(C(F)(F)F)cc2)c2ncccc12. The molecule has 3 aromatic rings. The number of aromatic nitrogens is 2. The lowest BCUT2D eigenvalue weighted by molar-refractivity contribution is -0.137. The van der Waals surface area contributed by atoms with E-state index in [1.54, 1.807) is 12.1 Å². The summed E-state index contributed by atoms with van der Waals surface area (Å²) in [6.45, 7) is 0. The standard InChI is InChI=1S/C15H9F3N2O/c16-15(17,18)10-5-3-9(4-6-10)12-8-20-14(21)11-2-1-7-19-13(11)12/h1-8H,(H,20,21). The highest BCUT2D eigenvalue weighted by molar-refractivity contribution is 5.92. The molecule has 0 unspecified atom stereocenters. The van der Waals surface area contributed by atoms with E-state index in [2.05, 4.69) is 9.97 Å². The van der Waals surface area contributed by atoms with Gasteiger partial charge in [-0.1, -0.05) is 12.1 Å². The number of halogens is 3. The lowest BCUT2D eigenvalue weighted by atomic mass is 10.0. The molecule has 6 heteroatoms. The van der Waals surface area contributed by atoms with Crippen molar-refractivity contribution in [2.75, 3.05) is 0 Å². The van der Waals surface area contributed by atoms with Gasteiger partial charge in [0.05, 0.1) is 16.5 Å². The van der Waals surface area contributed by atoms with Crippen LogP contribution in [0.3, 0.4) is 0 Å². The summed E-state index contributed by atoms with van der Waals surface area (Å²) in [6, 6.07) is 8.00. The van der Waals surface area contributed by atoms with Crippen LogP contribution in [0.1, 0.15) is 5.56 Å². The van der Waals surface area contributed by atoms with Gasteiger partial charge in [0.2, 0.25) is 0 Å². The lowest BCUT2D eigenvalue weighted by Crippen LogP contribution is -2.07. The highest BCUT2D eigenvalue weighted by atomic mass is 19.4. The Labute approximate surface area is 117 Å². The molecule has 0 atom stereocenters. The van der Waals surface area contributed by atoms with E-state index in [0.717, 1.165) is 12.1 Å². The van der Waals surface area contributed by atoms with Crippen molar-refractivity contribution in [2.45, 2.75) is 6.18 Å². The second-order valence-corrected chi connectivity index (χ2v) is 4.51. The van der Waals surface area contributed by atoms with Gasteiger partial charge in [-0.3, -0.25) is 9.78 Å². The third-order valence-corrected chi connectivity index (χ3v) is 3.18. The Hall–Kier alpha value is -2.63. The number of nitrogens with zero attached hydrogens (tertiary/aromatic N) is 1. The normalized spacial score (nSPS) is 11.8. The molecule has 0 bridgehead atoms. The molecule has 3 nitrogen and oxygen atoms in total. The van der Waals surface area contributed by atoms with Gasteiger partial charge < -0.3 is 4.98 Å². The first-order valence-electron chi connectivity index (χ1n) is 6.11. The number of benzene rings is 1. The van der Waals surface area contributed by atoms with Crippen molar-refractivity contribution in [3.05, 3.63) is 64.7 Å². The molecule has 2 heterocycles. The van der Waals surface area contributed by atoms with Crippen molar-refractivity contribution in [1.82, 2.24) is 9.97 Å². The minimum Gasteiger partial charge on any atom is -0.328 e. The third kappa shape index (κ3) is 2.40. The van der Waals surface area contributed by atoms with Crippen LogP contribution in [0.5, 0.6) is 0 Å². The van der Waals surface area contributed by atoms with Crippen LogP contribution in [0.2, 0.25) is 0 Å². The van der Waals surface area contributed by atoms with Gasteiger partial charge in [0.15, 0.2) is 0 Å². The molecule has 1 N–H and O–H groups in total. The average Bonchev–Trinajstić information content (AvgIpc) is 2.47. The number of alkyl halides is 3. The van der Waals surface area contributed by atoms with Gasteiger partial charge in [-0.2, -0.15) is 13.2 Å². The number of aromatic amines is 1. The van der Waals surface area contributed by atoms with Crippen LogP contribution in [0.15, 0.2) is 53.6 Å². The Morgan fingerprint density at radius 1 is 1.05 bits per heavy atom. The third-order valence-electron chi connectivity index (χ3n) is 3.18. The van der Waals surface area contributed by atoms with Gasteiger partial charge in [-0.05, 0) is 29.8 Å². The Bertz CT molecular complexity index is 851. The number of rotatable bonds is 1. The molecule has 106 valence electrons. The largest absolute Gasteiger partial charge is 0.416 e. The minimum atomic E-state index is -4.37. The molecule has 0 fully saturated rings. The van der Waals surface area contributed by atoms with Gasteiger partial charge in [0, 0.05) is 18.0 Å². The molecule has 2 aromatic heterocycles. The monoisotopic (exact) mass is 290 g/mol. The van der Waals surface area contributed by atoms with Gasteiger partial charge in [-0.15, -0.1) is 0 Å². The summed E-state index contributed by atoms with van der Waals surface area (Å²) in [5, 5.41) is 0.398. The fourth-order valence-corrected chi connectivity index (χ4v) is 2.15. The van der Waals surface area contributed by atoms with E-state index in [0.29, 0.717) is 22.0 Å². The summed E-state index contributed by atoms with van der Waals surface area (Å²) in [6.07, 6.45) is -1.38. The predicted molar refractivity (Wildman–Crippen MR) is 72.8 cm³/mol. The first-order chi connectivity index (χ1) is 9.97. The molecule has 0 amide bonds. The fraction of sp³-hybridized carbons (Fsp3) is 0.0667. The zero-order chi connectivity index (χ0) is 15.0. The maximum atomic E-state index is 12.6. The van der Waals surface area contributed by atoms with E-state index in [9.17, 15) is 18.0 Å². The van der Waals surface area contributed by atoms with Crippen molar-refractivity contribution in [3.8, 4) is 11.1 Å². The molecule has 0 radical (unpaired) electrons. The van der Waals surface area contributed by atoms with Crippen molar-refractivity contribution < 1.29 is 13.2 Å².